The normalized spacial score (nSPS) is 12.5. The van der Waals surface area contributed by atoms with Crippen LogP contribution in [0.25, 0.3) is 22.0 Å². The number of likely N-dealkylation sites (N-methyl/N-ethyl adjacent to an activating group) is 1. The number of carbonyl (C=O) groups is 2. The van der Waals surface area contributed by atoms with Gasteiger partial charge in [0.05, 0.1) is 11.1 Å². The Morgan fingerprint density at radius 1 is 1.02 bits per heavy atom. The molecule has 2 aromatic carbocycles. The van der Waals surface area contributed by atoms with E-state index in [2.05, 4.69) is 25.6 Å². The van der Waals surface area contributed by atoms with Crippen molar-refractivity contribution >= 4 is 46.1 Å². The molecule has 5 rings (SSSR count). The van der Waals surface area contributed by atoms with Gasteiger partial charge in [-0.3, -0.25) is 19.7 Å². The van der Waals surface area contributed by atoms with Crippen LogP contribution in [0.15, 0.2) is 83.0 Å². The topological polar surface area (TPSA) is 190 Å². The molecule has 3 heterocycles. The zero-order chi connectivity index (χ0) is 38.6. The molecule has 0 saturated heterocycles. The first kappa shape index (κ1) is 40.8. The highest BCUT2D eigenvalue weighted by molar-refractivity contribution is 7.99. The third-order valence-corrected chi connectivity index (χ3v) is 11.0. The Balaban J connectivity index is 1.47. The van der Waals surface area contributed by atoms with Crippen LogP contribution in [0.2, 0.25) is 5.02 Å². The number of amides is 2. The van der Waals surface area contributed by atoms with E-state index in [0.29, 0.717) is 63.9 Å². The Labute approximate surface area is 323 Å². The van der Waals surface area contributed by atoms with E-state index in [1.165, 1.54) is 28.9 Å². The monoisotopic (exact) mass is 775 g/mol. The van der Waals surface area contributed by atoms with Crippen LogP contribution in [0.4, 0.5) is 4.39 Å². The number of H-pyrrole nitrogens is 1. The number of hydrogen-bond acceptors (Lipinski definition) is 10. The molecule has 286 valence electrons. The molecule has 5 aromatic rings. The minimum absolute atomic E-state index is 0.0423. The summed E-state index contributed by atoms with van der Waals surface area (Å²) in [6, 6.07) is 16.8. The molecular formula is C39H47ClFN9O3S. The zero-order valence-electron chi connectivity index (χ0n) is 30.4. The summed E-state index contributed by atoms with van der Waals surface area (Å²) in [6.07, 6.45) is 5.85. The van der Waals surface area contributed by atoms with Crippen molar-refractivity contribution in [1.82, 2.24) is 30.5 Å². The molecule has 2 amide bonds. The maximum atomic E-state index is 14.4. The molecule has 0 radical (unpaired) electrons. The first-order valence-corrected chi connectivity index (χ1v) is 19.0. The lowest BCUT2D eigenvalue weighted by Crippen LogP contribution is -2.54. The van der Waals surface area contributed by atoms with Crippen molar-refractivity contribution in [2.45, 2.75) is 74.1 Å². The van der Waals surface area contributed by atoms with Crippen LogP contribution in [0.3, 0.4) is 0 Å². The molecule has 3 aromatic heterocycles. The minimum atomic E-state index is -0.855. The number of fused-ring (bicyclic) bond motifs is 1. The van der Waals surface area contributed by atoms with Gasteiger partial charge in [-0.1, -0.05) is 54.0 Å². The van der Waals surface area contributed by atoms with Crippen LogP contribution in [0.1, 0.15) is 48.1 Å². The van der Waals surface area contributed by atoms with E-state index in [1.807, 2.05) is 49.4 Å². The van der Waals surface area contributed by atoms with Gasteiger partial charge in [-0.2, -0.15) is 4.39 Å². The van der Waals surface area contributed by atoms with Gasteiger partial charge in [0.1, 0.15) is 17.8 Å². The van der Waals surface area contributed by atoms with E-state index in [-0.39, 0.29) is 31.6 Å². The number of rotatable bonds is 19. The highest BCUT2D eigenvalue weighted by atomic mass is 35.5. The largest absolute Gasteiger partial charge is 0.358 e. The van der Waals surface area contributed by atoms with Crippen LogP contribution >= 0.6 is 23.4 Å². The second-order valence-electron chi connectivity index (χ2n) is 12.9. The van der Waals surface area contributed by atoms with Crippen LogP contribution in [0.5, 0.6) is 0 Å². The van der Waals surface area contributed by atoms with Gasteiger partial charge in [-0.05, 0) is 97.3 Å². The fourth-order valence-corrected chi connectivity index (χ4v) is 7.87. The van der Waals surface area contributed by atoms with E-state index in [9.17, 15) is 14.0 Å². The smallest absolute Gasteiger partial charge is 0.243 e. The molecule has 0 saturated carbocycles. The van der Waals surface area contributed by atoms with Gasteiger partial charge in [0.2, 0.25) is 17.8 Å². The predicted octanol–water partition coefficient (Wildman–Crippen LogP) is 5.35. The molecule has 15 heteroatoms. The Morgan fingerprint density at radius 3 is 2.59 bits per heavy atom. The van der Waals surface area contributed by atoms with Gasteiger partial charge in [-0.25, -0.2) is 15.9 Å². The quantitative estimate of drug-likeness (QED) is 0.0276. The molecule has 0 unspecified atom stereocenters. The number of hydrogen-bond donors (Lipinski definition) is 6. The van der Waals surface area contributed by atoms with Crippen molar-refractivity contribution in [1.29, 1.82) is 0 Å². The number of unbranched alkanes of at least 4 members (excludes halogenated alkanes) is 1. The number of aromatic amines is 1. The molecule has 0 fully saturated rings. The highest BCUT2D eigenvalue weighted by Crippen LogP contribution is 2.39. The molecule has 2 atom stereocenters. The lowest BCUT2D eigenvalue weighted by molar-refractivity contribution is -0.141. The predicted molar refractivity (Wildman–Crippen MR) is 211 cm³/mol. The van der Waals surface area contributed by atoms with Crippen molar-refractivity contribution < 1.29 is 18.8 Å². The molecule has 9 N–H and O–H groups in total. The summed E-state index contributed by atoms with van der Waals surface area (Å²) in [6.45, 7) is 2.78. The van der Waals surface area contributed by atoms with E-state index >= 15 is 0 Å². The highest BCUT2D eigenvalue weighted by Gasteiger charge is 2.31. The molecule has 0 spiro atoms. The van der Waals surface area contributed by atoms with E-state index < -0.39 is 18.0 Å². The fourth-order valence-electron chi connectivity index (χ4n) is 6.51. The molecular weight excluding hydrogens is 729 g/mol. The number of nitrogens with one attached hydrogen (secondary N) is 3. The third kappa shape index (κ3) is 10.2. The molecule has 0 aliphatic carbocycles. The maximum absolute atomic E-state index is 14.4. The number of nitrogens with zero attached hydrogens (tertiary/aromatic N) is 3. The second-order valence-corrected chi connectivity index (χ2v) is 14.3. The third-order valence-electron chi connectivity index (χ3n) is 9.37. The lowest BCUT2D eigenvalue weighted by atomic mass is 9.99. The number of aryl methyl sites for hydroxylation is 2. The van der Waals surface area contributed by atoms with Gasteiger partial charge >= 0.3 is 0 Å². The number of benzene rings is 2. The number of nitrogens with two attached hydrogens (primary N) is 3. The zero-order valence-corrected chi connectivity index (χ0v) is 32.0. The van der Waals surface area contributed by atoms with Gasteiger partial charge in [0.25, 0.3) is 0 Å². The number of halogens is 2. The fraction of sp³-hybridized carbons (Fsp3) is 0.333. The first-order chi connectivity index (χ1) is 26.1. The standard InChI is InChI=1S/C39H47ClFN9O3S/c1-24-29(30-9-3-4-10-32(30)49-24)12-13-34(50(2)39(52)33(48-23-53-44)11-5-6-15-42)37(51)47-22-28-18-27(25-14-17-45-35(41)20-25)19-31(40)36(28)54-38-26(21-43)8-7-16-46-38/h3-4,7-10,14,16-20,33-34,48-49H,5-6,11-13,15,21-23,42-44H2,1-2H3,(H,47,51)/t33-,34-/m0/s1. The first-order valence-electron chi connectivity index (χ1n) is 17.8. The second kappa shape index (κ2) is 19.8. The Kier molecular flexibility index (Phi) is 14.9. The number of carbonyl (C=O) groups excluding carboxylic acids is 2. The summed E-state index contributed by atoms with van der Waals surface area (Å²) in [5.74, 6) is 4.04. The Morgan fingerprint density at radius 2 is 1.83 bits per heavy atom. The van der Waals surface area contributed by atoms with Crippen LogP contribution < -0.4 is 28.0 Å². The number of para-hydroxylation sites is 1. The summed E-state index contributed by atoms with van der Waals surface area (Å²) < 4.78 is 14.2. The van der Waals surface area contributed by atoms with Crippen molar-refractivity contribution in [2.75, 3.05) is 20.3 Å². The Bertz CT molecular complexity index is 2050. The van der Waals surface area contributed by atoms with E-state index in [0.717, 1.165) is 34.1 Å². The summed E-state index contributed by atoms with van der Waals surface area (Å²) in [7, 11) is 1.64. The van der Waals surface area contributed by atoms with Gasteiger partial charge in [0.15, 0.2) is 0 Å². The SMILES string of the molecule is Cc1[nH]c2ccccc2c1CC[C@@H](C(=O)NCc1cc(-c2ccnc(F)c2)cc(Cl)c1Sc1ncccc1CN)N(C)C(=O)[C@H](CCCCN)NCON. The average molecular weight is 776 g/mol. The number of aromatic nitrogens is 3. The van der Waals surface area contributed by atoms with E-state index in [1.54, 1.807) is 25.4 Å². The van der Waals surface area contributed by atoms with Gasteiger partial charge < -0.3 is 26.7 Å². The molecule has 0 bridgehead atoms. The van der Waals surface area contributed by atoms with Gasteiger partial charge in [-0.15, -0.1) is 0 Å². The lowest BCUT2D eigenvalue weighted by Gasteiger charge is -2.31. The van der Waals surface area contributed by atoms with Crippen molar-refractivity contribution in [2.24, 2.45) is 17.4 Å². The van der Waals surface area contributed by atoms with Crippen molar-refractivity contribution in [3.63, 3.8) is 0 Å². The van der Waals surface area contributed by atoms with Crippen molar-refractivity contribution in [3.8, 4) is 11.1 Å². The van der Waals surface area contributed by atoms with Crippen LogP contribution in [0, 0.1) is 12.9 Å². The maximum Gasteiger partial charge on any atom is 0.243 e. The minimum Gasteiger partial charge on any atom is -0.358 e. The Hall–Kier alpha value is -4.41. The summed E-state index contributed by atoms with van der Waals surface area (Å²) in [5.41, 5.74) is 17.5. The summed E-state index contributed by atoms with van der Waals surface area (Å²) in [4.78, 5) is 47.0. The molecule has 12 nitrogen and oxygen atoms in total. The van der Waals surface area contributed by atoms with Crippen LogP contribution in [-0.4, -0.2) is 64.1 Å². The summed E-state index contributed by atoms with van der Waals surface area (Å²) >= 11 is 8.28. The average Bonchev–Trinajstić information content (AvgIpc) is 3.50. The van der Waals surface area contributed by atoms with Crippen molar-refractivity contribution in [3.05, 3.63) is 106 Å². The molecule has 0 aliphatic rings. The molecule has 0 aliphatic heterocycles. The summed E-state index contributed by atoms with van der Waals surface area (Å²) in [5, 5.41) is 8.28. The van der Waals surface area contributed by atoms with Crippen LogP contribution in [-0.2, 0) is 33.9 Å². The van der Waals surface area contributed by atoms with E-state index in [4.69, 9.17) is 33.8 Å². The molecule has 54 heavy (non-hydrogen) atoms. The van der Waals surface area contributed by atoms with Gasteiger partial charge in [0, 0.05) is 60.1 Å². The number of pyridine rings is 2.